The van der Waals surface area contributed by atoms with Crippen molar-refractivity contribution < 1.29 is 26.0 Å². The van der Waals surface area contributed by atoms with Crippen LogP contribution >= 0.6 is 11.3 Å². The van der Waals surface area contributed by atoms with Crippen molar-refractivity contribution in [3.05, 3.63) is 87.9 Å². The van der Waals surface area contributed by atoms with E-state index in [2.05, 4.69) is 4.72 Å². The number of hydrogen-bond acceptors (Lipinski definition) is 3. The van der Waals surface area contributed by atoms with E-state index in [9.17, 15) is 26.0 Å². The van der Waals surface area contributed by atoms with Crippen LogP contribution in [0.5, 0.6) is 0 Å². The van der Waals surface area contributed by atoms with Gasteiger partial charge in [0, 0.05) is 4.88 Å². The zero-order chi connectivity index (χ0) is 19.7. The number of alkyl halides is 3. The van der Waals surface area contributed by atoms with E-state index < -0.39 is 38.5 Å². The molecule has 0 aliphatic heterocycles. The van der Waals surface area contributed by atoms with Crippen LogP contribution in [0.2, 0.25) is 0 Å². The van der Waals surface area contributed by atoms with Crippen molar-refractivity contribution >= 4 is 21.4 Å². The van der Waals surface area contributed by atoms with Crippen LogP contribution in [0.3, 0.4) is 0 Å². The number of rotatable bonds is 5. The van der Waals surface area contributed by atoms with Gasteiger partial charge < -0.3 is 0 Å². The summed E-state index contributed by atoms with van der Waals surface area (Å²) in [5, 5.41) is 1.71. The van der Waals surface area contributed by atoms with E-state index in [0.717, 1.165) is 24.3 Å². The van der Waals surface area contributed by atoms with Crippen molar-refractivity contribution in [2.45, 2.75) is 17.1 Å². The van der Waals surface area contributed by atoms with Gasteiger partial charge in [-0.25, -0.2) is 12.8 Å². The Bertz CT molecular complexity index is 1010. The van der Waals surface area contributed by atoms with Crippen molar-refractivity contribution in [1.29, 1.82) is 0 Å². The molecule has 0 spiro atoms. The number of sulfonamides is 1. The van der Waals surface area contributed by atoms with Crippen molar-refractivity contribution in [3.8, 4) is 0 Å². The van der Waals surface area contributed by atoms with Crippen LogP contribution in [0.4, 0.5) is 17.6 Å². The number of thiophene rings is 1. The van der Waals surface area contributed by atoms with Crippen LogP contribution in [0, 0.1) is 5.82 Å². The topological polar surface area (TPSA) is 46.2 Å². The molecule has 3 rings (SSSR count). The molecule has 3 nitrogen and oxygen atoms in total. The second-order valence-electron chi connectivity index (χ2n) is 5.62. The quantitative estimate of drug-likeness (QED) is 0.598. The van der Waals surface area contributed by atoms with Gasteiger partial charge in [0.15, 0.2) is 0 Å². The van der Waals surface area contributed by atoms with Crippen LogP contribution in [0.25, 0.3) is 0 Å². The molecule has 1 aromatic heterocycles. The molecule has 0 aliphatic rings. The van der Waals surface area contributed by atoms with Crippen molar-refractivity contribution in [3.63, 3.8) is 0 Å². The molecular weight excluding hydrogens is 402 g/mol. The van der Waals surface area contributed by atoms with Crippen LogP contribution in [0.1, 0.15) is 22.0 Å². The largest absolute Gasteiger partial charge is 0.417 e. The van der Waals surface area contributed by atoms with Crippen LogP contribution < -0.4 is 4.72 Å². The highest BCUT2D eigenvalue weighted by atomic mass is 32.2. The number of hydrogen-bond donors (Lipinski definition) is 1. The molecule has 1 heterocycles. The Morgan fingerprint density at radius 1 is 0.926 bits per heavy atom. The Morgan fingerprint density at radius 2 is 1.59 bits per heavy atom. The minimum atomic E-state index is -4.82. The standard InChI is InChI=1S/C18H13F4NO2S2/c19-13-9-7-12(8-10-13)17(15-5-3-11-26-15)23-27(24,25)16-6-2-1-4-14(16)18(20,21)22/h1-11,17,23H/t17-/m0/s1. The molecular formula is C18H13F4NO2S2. The summed E-state index contributed by atoms with van der Waals surface area (Å²) < 4.78 is 80.7. The highest BCUT2D eigenvalue weighted by Crippen LogP contribution is 2.35. The summed E-state index contributed by atoms with van der Waals surface area (Å²) in [4.78, 5) is -0.296. The van der Waals surface area contributed by atoms with Crippen molar-refractivity contribution in [2.24, 2.45) is 0 Å². The number of halogens is 4. The van der Waals surface area contributed by atoms with E-state index in [1.54, 1.807) is 17.5 Å². The Morgan fingerprint density at radius 3 is 2.19 bits per heavy atom. The maximum Gasteiger partial charge on any atom is 0.417 e. The lowest BCUT2D eigenvalue weighted by Gasteiger charge is -2.20. The van der Waals surface area contributed by atoms with Crippen LogP contribution in [-0.2, 0) is 16.2 Å². The summed E-state index contributed by atoms with van der Waals surface area (Å²) in [6.07, 6.45) is -4.82. The predicted octanol–water partition coefficient (Wildman–Crippen LogP) is 4.97. The van der Waals surface area contributed by atoms with Gasteiger partial charge in [0.1, 0.15) is 5.82 Å². The van der Waals surface area contributed by atoms with Crippen molar-refractivity contribution in [1.82, 2.24) is 4.72 Å². The fourth-order valence-electron chi connectivity index (χ4n) is 2.55. The molecule has 2 aromatic carbocycles. The third-order valence-electron chi connectivity index (χ3n) is 3.79. The van der Waals surface area contributed by atoms with Gasteiger partial charge in [-0.05, 0) is 41.3 Å². The summed E-state index contributed by atoms with van der Waals surface area (Å²) in [6.45, 7) is 0. The molecule has 0 amide bonds. The van der Waals surface area contributed by atoms with Gasteiger partial charge >= 0.3 is 6.18 Å². The van der Waals surface area contributed by atoms with E-state index in [1.807, 2.05) is 0 Å². The fourth-order valence-corrected chi connectivity index (χ4v) is 4.86. The molecule has 3 aromatic rings. The monoisotopic (exact) mass is 415 g/mol. The van der Waals surface area contributed by atoms with Crippen LogP contribution in [0.15, 0.2) is 70.9 Å². The maximum absolute atomic E-state index is 13.2. The first-order valence-corrected chi connectivity index (χ1v) is 10.0. The first kappa shape index (κ1) is 19.5. The Labute approximate surface area is 157 Å². The normalized spacial score (nSPS) is 13.5. The lowest BCUT2D eigenvalue weighted by molar-refractivity contribution is -0.139. The van der Waals surface area contributed by atoms with E-state index in [4.69, 9.17) is 0 Å². The van der Waals surface area contributed by atoms with E-state index in [1.165, 1.54) is 29.5 Å². The molecule has 0 saturated carbocycles. The Hall–Kier alpha value is -2.23. The predicted molar refractivity (Wildman–Crippen MR) is 94.3 cm³/mol. The summed E-state index contributed by atoms with van der Waals surface area (Å²) in [6, 6.07) is 11.5. The number of benzene rings is 2. The molecule has 142 valence electrons. The zero-order valence-electron chi connectivity index (χ0n) is 13.6. The van der Waals surface area contributed by atoms with Gasteiger partial charge in [0.2, 0.25) is 10.0 Å². The summed E-state index contributed by atoms with van der Waals surface area (Å²) in [5.74, 6) is -0.506. The minimum Gasteiger partial charge on any atom is -0.207 e. The third kappa shape index (κ3) is 4.37. The van der Waals surface area contributed by atoms with Crippen LogP contribution in [-0.4, -0.2) is 8.42 Å². The maximum atomic E-state index is 13.2. The van der Waals surface area contributed by atoms with E-state index in [0.29, 0.717) is 16.5 Å². The summed E-state index contributed by atoms with van der Waals surface area (Å²) >= 11 is 1.23. The number of nitrogens with one attached hydrogen (secondary N) is 1. The first-order chi connectivity index (χ1) is 12.7. The first-order valence-electron chi connectivity index (χ1n) is 7.66. The average molecular weight is 415 g/mol. The van der Waals surface area contributed by atoms with Gasteiger partial charge in [-0.15, -0.1) is 11.3 Å². The second kappa shape index (κ2) is 7.41. The fraction of sp³-hybridized carbons (Fsp3) is 0.111. The molecule has 0 fully saturated rings. The molecule has 0 unspecified atom stereocenters. The third-order valence-corrected chi connectivity index (χ3v) is 6.20. The second-order valence-corrected chi connectivity index (χ2v) is 8.28. The van der Waals surface area contributed by atoms with E-state index in [-0.39, 0.29) is 0 Å². The molecule has 0 saturated heterocycles. The van der Waals surface area contributed by atoms with E-state index >= 15 is 0 Å². The molecule has 1 atom stereocenters. The van der Waals surface area contributed by atoms with Gasteiger partial charge in [0.05, 0.1) is 16.5 Å². The average Bonchev–Trinajstić information content (AvgIpc) is 3.14. The molecule has 0 bridgehead atoms. The summed E-state index contributed by atoms with van der Waals surface area (Å²) in [7, 11) is -4.51. The SMILES string of the molecule is O=S(=O)(N[C@@H](c1ccc(F)cc1)c1cccs1)c1ccccc1C(F)(F)F. The lowest BCUT2D eigenvalue weighted by Crippen LogP contribution is -2.30. The molecule has 27 heavy (non-hydrogen) atoms. The molecule has 1 N–H and O–H groups in total. The molecule has 9 heteroatoms. The Balaban J connectivity index is 2.05. The summed E-state index contributed by atoms with van der Waals surface area (Å²) in [5.41, 5.74) is -0.839. The lowest BCUT2D eigenvalue weighted by atomic mass is 10.1. The van der Waals surface area contributed by atoms with Gasteiger partial charge in [-0.3, -0.25) is 0 Å². The van der Waals surface area contributed by atoms with Gasteiger partial charge in [0.25, 0.3) is 0 Å². The molecule has 0 aliphatic carbocycles. The highest BCUT2D eigenvalue weighted by molar-refractivity contribution is 7.89. The van der Waals surface area contributed by atoms with Crippen molar-refractivity contribution in [2.75, 3.05) is 0 Å². The molecule has 0 radical (unpaired) electrons. The van der Waals surface area contributed by atoms with Gasteiger partial charge in [-0.2, -0.15) is 17.9 Å². The van der Waals surface area contributed by atoms with Gasteiger partial charge in [-0.1, -0.05) is 30.3 Å². The minimum absolute atomic E-state index is 0.409. The Kier molecular flexibility index (Phi) is 5.36. The highest BCUT2D eigenvalue weighted by Gasteiger charge is 2.37. The smallest absolute Gasteiger partial charge is 0.207 e. The zero-order valence-corrected chi connectivity index (χ0v) is 15.2.